The summed E-state index contributed by atoms with van der Waals surface area (Å²) in [5, 5.41) is 18.3. The highest BCUT2D eigenvalue weighted by molar-refractivity contribution is 5.73. The first-order valence-electron chi connectivity index (χ1n) is 5.95. The molecule has 0 aliphatic carbocycles. The molecule has 0 spiro atoms. The van der Waals surface area contributed by atoms with E-state index in [9.17, 15) is 4.79 Å². The second kappa shape index (κ2) is 4.34. The van der Waals surface area contributed by atoms with Gasteiger partial charge in [-0.2, -0.15) is 5.26 Å². The zero-order chi connectivity index (χ0) is 13.3. The van der Waals surface area contributed by atoms with Crippen LogP contribution in [0.1, 0.15) is 25.8 Å². The number of anilines is 1. The van der Waals surface area contributed by atoms with Gasteiger partial charge in [0.15, 0.2) is 0 Å². The number of nitrogens with zero attached hydrogens (tertiary/aromatic N) is 2. The fourth-order valence-corrected chi connectivity index (χ4v) is 2.64. The lowest BCUT2D eigenvalue weighted by atomic mass is 9.96. The second-order valence-corrected chi connectivity index (χ2v) is 5.29. The summed E-state index contributed by atoms with van der Waals surface area (Å²) in [6.07, 6.45) is 0.599. The summed E-state index contributed by atoms with van der Waals surface area (Å²) in [6, 6.07) is 9.50. The van der Waals surface area contributed by atoms with Gasteiger partial charge in [-0.25, -0.2) is 0 Å². The van der Waals surface area contributed by atoms with Crippen molar-refractivity contribution in [3.05, 3.63) is 29.8 Å². The number of carboxylic acid groups (broad SMARTS) is 1. The quantitative estimate of drug-likeness (QED) is 0.866. The van der Waals surface area contributed by atoms with Crippen LogP contribution >= 0.6 is 0 Å². The minimum Gasteiger partial charge on any atom is -0.481 e. The van der Waals surface area contributed by atoms with Gasteiger partial charge in [-0.3, -0.25) is 4.79 Å². The molecule has 1 fully saturated rings. The number of carbonyl (C=O) groups is 1. The molecule has 1 N–H and O–H groups in total. The smallest absolute Gasteiger partial charge is 0.308 e. The molecule has 1 heterocycles. The van der Waals surface area contributed by atoms with Crippen molar-refractivity contribution in [2.75, 3.05) is 11.4 Å². The predicted molar refractivity (Wildman–Crippen MR) is 68.3 cm³/mol. The van der Waals surface area contributed by atoms with E-state index < -0.39 is 5.97 Å². The maximum atomic E-state index is 11.1. The Kier molecular flexibility index (Phi) is 3.00. The standard InChI is InChI=1S/C14H16N2O2/c1-14(2)7-11(13(17)18)9-16(14)12-6-4-3-5-10(12)8-15/h3-6,11H,7,9H2,1-2H3,(H,17,18). The van der Waals surface area contributed by atoms with Crippen LogP contribution in [0.5, 0.6) is 0 Å². The number of aliphatic carboxylic acids is 1. The van der Waals surface area contributed by atoms with Crippen LogP contribution in [-0.2, 0) is 4.79 Å². The molecular weight excluding hydrogens is 228 g/mol. The average molecular weight is 244 g/mol. The summed E-state index contributed by atoms with van der Waals surface area (Å²) in [4.78, 5) is 13.2. The SMILES string of the molecule is CC1(C)CC(C(=O)O)CN1c1ccccc1C#N. The lowest BCUT2D eigenvalue weighted by Crippen LogP contribution is -2.38. The molecular formula is C14H16N2O2. The number of rotatable bonds is 2. The summed E-state index contributed by atoms with van der Waals surface area (Å²) in [6.45, 7) is 4.50. The highest BCUT2D eigenvalue weighted by Gasteiger charge is 2.42. The number of carboxylic acids is 1. The van der Waals surface area contributed by atoms with Gasteiger partial charge in [-0.1, -0.05) is 12.1 Å². The third kappa shape index (κ3) is 2.04. The third-order valence-electron chi connectivity index (χ3n) is 3.54. The van der Waals surface area contributed by atoms with E-state index in [1.165, 1.54) is 0 Å². The summed E-state index contributed by atoms with van der Waals surface area (Å²) in [5.41, 5.74) is 1.18. The largest absolute Gasteiger partial charge is 0.481 e. The number of benzene rings is 1. The zero-order valence-corrected chi connectivity index (χ0v) is 10.6. The van der Waals surface area contributed by atoms with Crippen molar-refractivity contribution < 1.29 is 9.90 Å². The van der Waals surface area contributed by atoms with Gasteiger partial charge in [0.1, 0.15) is 6.07 Å². The first-order valence-corrected chi connectivity index (χ1v) is 5.95. The Hall–Kier alpha value is -2.02. The third-order valence-corrected chi connectivity index (χ3v) is 3.54. The molecule has 0 aromatic heterocycles. The van der Waals surface area contributed by atoms with Crippen LogP contribution in [0.2, 0.25) is 0 Å². The van der Waals surface area contributed by atoms with Crippen molar-refractivity contribution in [1.82, 2.24) is 0 Å². The van der Waals surface area contributed by atoms with Crippen molar-refractivity contribution in [2.45, 2.75) is 25.8 Å². The van der Waals surface area contributed by atoms with Crippen molar-refractivity contribution in [2.24, 2.45) is 5.92 Å². The summed E-state index contributed by atoms with van der Waals surface area (Å²) < 4.78 is 0. The molecule has 1 aromatic carbocycles. The number of hydrogen-bond acceptors (Lipinski definition) is 3. The Morgan fingerprint density at radius 2 is 2.17 bits per heavy atom. The average Bonchev–Trinajstić information content (AvgIpc) is 2.65. The van der Waals surface area contributed by atoms with Gasteiger partial charge in [0.2, 0.25) is 0 Å². The summed E-state index contributed by atoms with van der Waals surface area (Å²) in [5.74, 6) is -1.13. The Morgan fingerprint density at radius 1 is 1.50 bits per heavy atom. The van der Waals surface area contributed by atoms with Crippen LogP contribution < -0.4 is 4.90 Å². The van der Waals surface area contributed by atoms with Gasteiger partial charge < -0.3 is 10.0 Å². The van der Waals surface area contributed by atoms with Gasteiger partial charge in [-0.15, -0.1) is 0 Å². The van der Waals surface area contributed by atoms with E-state index in [1.807, 2.05) is 36.9 Å². The van der Waals surface area contributed by atoms with Crippen molar-refractivity contribution >= 4 is 11.7 Å². The first-order chi connectivity index (χ1) is 8.45. The van der Waals surface area contributed by atoms with Crippen molar-refractivity contribution in [3.63, 3.8) is 0 Å². The van der Waals surface area contributed by atoms with E-state index in [-0.39, 0.29) is 11.5 Å². The minimum absolute atomic E-state index is 0.240. The van der Waals surface area contributed by atoms with Crippen molar-refractivity contribution in [3.8, 4) is 6.07 Å². The molecule has 4 nitrogen and oxygen atoms in total. The van der Waals surface area contributed by atoms with Crippen LogP contribution in [0.25, 0.3) is 0 Å². The van der Waals surface area contributed by atoms with E-state index in [0.29, 0.717) is 18.5 Å². The van der Waals surface area contributed by atoms with Crippen LogP contribution in [0, 0.1) is 17.2 Å². The van der Waals surface area contributed by atoms with Crippen LogP contribution in [0.4, 0.5) is 5.69 Å². The van der Waals surface area contributed by atoms with E-state index in [4.69, 9.17) is 10.4 Å². The Labute approximate surface area is 106 Å². The topological polar surface area (TPSA) is 64.3 Å². The molecule has 1 atom stereocenters. The molecule has 1 aliphatic rings. The van der Waals surface area contributed by atoms with Gasteiger partial charge >= 0.3 is 5.97 Å². The first kappa shape index (κ1) is 12.4. The van der Waals surface area contributed by atoms with Crippen LogP contribution in [0.15, 0.2) is 24.3 Å². The van der Waals surface area contributed by atoms with E-state index in [2.05, 4.69) is 6.07 Å². The molecule has 1 aliphatic heterocycles. The lowest BCUT2D eigenvalue weighted by molar-refractivity contribution is -0.141. The molecule has 18 heavy (non-hydrogen) atoms. The molecule has 94 valence electrons. The monoisotopic (exact) mass is 244 g/mol. The molecule has 2 rings (SSSR count). The Morgan fingerprint density at radius 3 is 2.72 bits per heavy atom. The Balaban J connectivity index is 2.39. The Bertz CT molecular complexity index is 517. The van der Waals surface area contributed by atoms with Gasteiger partial charge in [0.25, 0.3) is 0 Å². The molecule has 0 saturated carbocycles. The molecule has 0 amide bonds. The van der Waals surface area contributed by atoms with Gasteiger partial charge in [-0.05, 0) is 32.4 Å². The summed E-state index contributed by atoms with van der Waals surface area (Å²) >= 11 is 0. The number of para-hydroxylation sites is 1. The molecule has 1 aromatic rings. The van der Waals surface area contributed by atoms with E-state index in [0.717, 1.165) is 5.69 Å². The minimum atomic E-state index is -0.764. The van der Waals surface area contributed by atoms with Gasteiger partial charge in [0.05, 0.1) is 17.2 Å². The fourth-order valence-electron chi connectivity index (χ4n) is 2.64. The van der Waals surface area contributed by atoms with E-state index in [1.54, 1.807) is 6.07 Å². The normalized spacial score (nSPS) is 21.6. The fraction of sp³-hybridized carbons (Fsp3) is 0.429. The lowest BCUT2D eigenvalue weighted by Gasteiger charge is -2.34. The van der Waals surface area contributed by atoms with Crippen LogP contribution in [-0.4, -0.2) is 23.2 Å². The second-order valence-electron chi connectivity index (χ2n) is 5.29. The maximum absolute atomic E-state index is 11.1. The highest BCUT2D eigenvalue weighted by Crippen LogP contribution is 2.38. The summed E-state index contributed by atoms with van der Waals surface area (Å²) in [7, 11) is 0. The molecule has 0 bridgehead atoms. The number of nitriles is 1. The molecule has 4 heteroatoms. The number of hydrogen-bond donors (Lipinski definition) is 1. The van der Waals surface area contributed by atoms with Gasteiger partial charge in [0, 0.05) is 12.1 Å². The van der Waals surface area contributed by atoms with Crippen LogP contribution in [0.3, 0.4) is 0 Å². The predicted octanol–water partition coefficient (Wildman–Crippen LogP) is 2.25. The highest BCUT2D eigenvalue weighted by atomic mass is 16.4. The molecule has 1 saturated heterocycles. The van der Waals surface area contributed by atoms with Crippen molar-refractivity contribution in [1.29, 1.82) is 5.26 Å². The zero-order valence-electron chi connectivity index (χ0n) is 10.6. The van der Waals surface area contributed by atoms with E-state index >= 15 is 0 Å². The molecule has 1 unspecified atom stereocenters. The maximum Gasteiger partial charge on any atom is 0.308 e. The molecule has 0 radical (unpaired) electrons.